The van der Waals surface area contributed by atoms with E-state index in [0.717, 1.165) is 15.7 Å². The Labute approximate surface area is 148 Å². The van der Waals surface area contributed by atoms with E-state index in [0.29, 0.717) is 11.3 Å². The first-order valence-corrected chi connectivity index (χ1v) is 9.35. The van der Waals surface area contributed by atoms with Crippen LogP contribution in [-0.4, -0.2) is 15.7 Å². The second kappa shape index (κ2) is 8.08. The molecular weight excluding hydrogens is 338 g/mol. The van der Waals surface area contributed by atoms with Crippen LogP contribution in [0.5, 0.6) is 0 Å². The highest BCUT2D eigenvalue weighted by Crippen LogP contribution is 2.22. The van der Waals surface area contributed by atoms with Crippen molar-refractivity contribution in [2.75, 3.05) is 0 Å². The normalized spacial score (nSPS) is 11.6. The van der Waals surface area contributed by atoms with E-state index in [2.05, 4.69) is 22.2 Å². The predicted octanol–water partition coefficient (Wildman–Crippen LogP) is 3.73. The molecule has 0 atom stereocenters. The first-order valence-electron chi connectivity index (χ1n) is 7.54. The van der Waals surface area contributed by atoms with Crippen LogP contribution in [0.25, 0.3) is 0 Å². The van der Waals surface area contributed by atoms with E-state index in [4.69, 9.17) is 0 Å². The number of carbonyl (C=O) groups excluding carboxylic acids is 1. The molecule has 0 unspecified atom stereocenters. The minimum atomic E-state index is -0.208. The molecule has 0 spiro atoms. The molecule has 0 saturated heterocycles. The Hall–Kier alpha value is -2.18. The van der Waals surface area contributed by atoms with Crippen molar-refractivity contribution in [2.45, 2.75) is 23.6 Å². The zero-order valence-electron chi connectivity index (χ0n) is 13.3. The zero-order valence-corrected chi connectivity index (χ0v) is 14.9. The quantitative estimate of drug-likeness (QED) is 0.655. The van der Waals surface area contributed by atoms with E-state index in [1.54, 1.807) is 16.4 Å². The van der Waals surface area contributed by atoms with Crippen molar-refractivity contribution < 1.29 is 4.79 Å². The molecule has 4 nitrogen and oxygen atoms in total. The lowest BCUT2D eigenvalue weighted by Crippen LogP contribution is -2.18. The minimum absolute atomic E-state index is 0.208. The minimum Gasteiger partial charge on any atom is -0.273 e. The molecule has 0 fully saturated rings. The molecule has 3 rings (SSSR count). The highest BCUT2D eigenvalue weighted by molar-refractivity contribution is 8.00. The number of carbonyl (C=O) groups is 1. The van der Waals surface area contributed by atoms with Crippen LogP contribution in [0.4, 0.5) is 0 Å². The topological polar surface area (TPSA) is 47.2 Å². The summed E-state index contributed by atoms with van der Waals surface area (Å²) in [6.07, 6.45) is 0. The molecule has 0 radical (unpaired) electrons. The van der Waals surface area contributed by atoms with Gasteiger partial charge in [0.2, 0.25) is 10.7 Å². The SMILES string of the molecule is CC(=O)N=c1sc(SCc2ccccc2)nn1Cc1ccccc1. The van der Waals surface area contributed by atoms with Gasteiger partial charge in [0.25, 0.3) is 0 Å². The fourth-order valence-corrected chi connectivity index (χ4v) is 4.10. The third-order valence-corrected chi connectivity index (χ3v) is 5.39. The fourth-order valence-electron chi connectivity index (χ4n) is 2.14. The Morgan fingerprint density at radius 3 is 2.33 bits per heavy atom. The second-order valence-corrected chi connectivity index (χ2v) is 7.38. The summed E-state index contributed by atoms with van der Waals surface area (Å²) in [5.74, 6) is 0.638. The lowest BCUT2D eigenvalue weighted by atomic mass is 10.2. The maximum atomic E-state index is 11.4. The summed E-state index contributed by atoms with van der Waals surface area (Å²) in [5, 5.41) is 4.63. The van der Waals surface area contributed by atoms with Crippen molar-refractivity contribution in [1.29, 1.82) is 0 Å². The maximum absolute atomic E-state index is 11.4. The third-order valence-electron chi connectivity index (χ3n) is 3.24. The standard InChI is InChI=1S/C18H17N3OS2/c1-14(22)19-17-21(12-15-8-4-2-5-9-15)20-18(24-17)23-13-16-10-6-3-7-11-16/h2-11H,12-13H2,1H3. The summed E-state index contributed by atoms with van der Waals surface area (Å²) in [4.78, 5) is 16.1. The number of amides is 1. The van der Waals surface area contributed by atoms with Gasteiger partial charge in [0.1, 0.15) is 0 Å². The van der Waals surface area contributed by atoms with E-state index in [9.17, 15) is 4.79 Å². The summed E-state index contributed by atoms with van der Waals surface area (Å²) < 4.78 is 2.71. The van der Waals surface area contributed by atoms with Gasteiger partial charge in [-0.05, 0) is 11.1 Å². The van der Waals surface area contributed by atoms with Gasteiger partial charge in [0.15, 0.2) is 4.34 Å². The van der Waals surface area contributed by atoms with Gasteiger partial charge < -0.3 is 0 Å². The van der Waals surface area contributed by atoms with Gasteiger partial charge in [0, 0.05) is 12.7 Å². The van der Waals surface area contributed by atoms with Gasteiger partial charge in [0.05, 0.1) is 6.54 Å². The number of nitrogens with zero attached hydrogens (tertiary/aromatic N) is 3. The van der Waals surface area contributed by atoms with Gasteiger partial charge in [-0.3, -0.25) is 4.79 Å². The van der Waals surface area contributed by atoms with Gasteiger partial charge in [-0.1, -0.05) is 83.8 Å². The van der Waals surface area contributed by atoms with Crippen LogP contribution < -0.4 is 4.80 Å². The van der Waals surface area contributed by atoms with Crippen molar-refractivity contribution in [1.82, 2.24) is 9.78 Å². The highest BCUT2D eigenvalue weighted by atomic mass is 32.2. The molecule has 1 aromatic heterocycles. The Bertz CT molecular complexity index is 870. The number of hydrogen-bond donors (Lipinski definition) is 0. The van der Waals surface area contributed by atoms with Gasteiger partial charge in [-0.15, -0.1) is 0 Å². The van der Waals surface area contributed by atoms with E-state index in [-0.39, 0.29) is 5.91 Å². The van der Waals surface area contributed by atoms with E-state index >= 15 is 0 Å². The van der Waals surface area contributed by atoms with Gasteiger partial charge in [-0.2, -0.15) is 10.1 Å². The molecule has 24 heavy (non-hydrogen) atoms. The molecule has 122 valence electrons. The predicted molar refractivity (Wildman–Crippen MR) is 97.9 cm³/mol. The fraction of sp³-hybridized carbons (Fsp3) is 0.167. The largest absolute Gasteiger partial charge is 0.273 e. The molecule has 0 aliphatic heterocycles. The van der Waals surface area contributed by atoms with Crippen LogP contribution in [-0.2, 0) is 17.1 Å². The second-order valence-electron chi connectivity index (χ2n) is 5.20. The number of rotatable bonds is 5. The van der Waals surface area contributed by atoms with Crippen LogP contribution in [0.2, 0.25) is 0 Å². The summed E-state index contributed by atoms with van der Waals surface area (Å²) in [6.45, 7) is 2.07. The first kappa shape index (κ1) is 16.7. The number of aromatic nitrogens is 2. The molecule has 0 N–H and O–H groups in total. The molecule has 6 heteroatoms. The van der Waals surface area contributed by atoms with Gasteiger partial charge in [-0.25, -0.2) is 4.68 Å². The summed E-state index contributed by atoms with van der Waals surface area (Å²) in [7, 11) is 0. The Morgan fingerprint density at radius 1 is 1.08 bits per heavy atom. The number of benzene rings is 2. The van der Waals surface area contributed by atoms with E-state index in [1.807, 2.05) is 48.5 Å². The highest BCUT2D eigenvalue weighted by Gasteiger charge is 2.07. The van der Waals surface area contributed by atoms with Crippen molar-refractivity contribution in [2.24, 2.45) is 4.99 Å². The van der Waals surface area contributed by atoms with Crippen LogP contribution in [0.1, 0.15) is 18.1 Å². The summed E-state index contributed by atoms with van der Waals surface area (Å²) >= 11 is 3.12. The monoisotopic (exact) mass is 355 g/mol. The number of thioether (sulfide) groups is 1. The molecule has 0 bridgehead atoms. The van der Waals surface area contributed by atoms with Crippen LogP contribution in [0.15, 0.2) is 70.0 Å². The van der Waals surface area contributed by atoms with Crippen molar-refractivity contribution in [3.8, 4) is 0 Å². The van der Waals surface area contributed by atoms with Crippen molar-refractivity contribution in [3.63, 3.8) is 0 Å². The summed E-state index contributed by atoms with van der Waals surface area (Å²) in [5.41, 5.74) is 2.38. The lowest BCUT2D eigenvalue weighted by Gasteiger charge is -2.01. The van der Waals surface area contributed by atoms with Crippen LogP contribution in [0, 0.1) is 0 Å². The van der Waals surface area contributed by atoms with Gasteiger partial charge >= 0.3 is 0 Å². The molecule has 2 aromatic carbocycles. The molecular formula is C18H17N3OS2. The summed E-state index contributed by atoms with van der Waals surface area (Å²) in [6, 6.07) is 20.3. The lowest BCUT2D eigenvalue weighted by molar-refractivity contribution is -0.116. The Kier molecular flexibility index (Phi) is 5.61. The first-order chi connectivity index (χ1) is 11.7. The third kappa shape index (κ3) is 4.66. The average molecular weight is 355 g/mol. The van der Waals surface area contributed by atoms with E-state index < -0.39 is 0 Å². The smallest absolute Gasteiger partial charge is 0.245 e. The molecule has 0 aliphatic carbocycles. The molecule has 3 aromatic rings. The van der Waals surface area contributed by atoms with Crippen LogP contribution in [0.3, 0.4) is 0 Å². The van der Waals surface area contributed by atoms with E-state index in [1.165, 1.54) is 23.8 Å². The molecule has 0 aliphatic rings. The average Bonchev–Trinajstić information content (AvgIpc) is 2.96. The Balaban J connectivity index is 1.82. The molecule has 0 saturated carbocycles. The Morgan fingerprint density at radius 2 is 1.71 bits per heavy atom. The van der Waals surface area contributed by atoms with Crippen molar-refractivity contribution >= 4 is 29.0 Å². The van der Waals surface area contributed by atoms with Crippen LogP contribution >= 0.6 is 23.1 Å². The maximum Gasteiger partial charge on any atom is 0.245 e. The molecule has 1 amide bonds. The van der Waals surface area contributed by atoms with Crippen molar-refractivity contribution in [3.05, 3.63) is 76.6 Å². The zero-order chi connectivity index (χ0) is 16.8. The molecule has 1 heterocycles. The number of hydrogen-bond acceptors (Lipinski definition) is 4.